The van der Waals surface area contributed by atoms with Crippen LogP contribution in [0.4, 0.5) is 0 Å². The fourth-order valence-electron chi connectivity index (χ4n) is 1.14. The molecule has 0 aliphatic carbocycles. The molecule has 16 heavy (non-hydrogen) atoms. The Morgan fingerprint density at radius 2 is 2.25 bits per heavy atom. The van der Waals surface area contributed by atoms with Crippen molar-refractivity contribution in [3.8, 4) is 11.5 Å². The number of methoxy groups -OCH3 is 1. The minimum absolute atomic E-state index is 0.0813. The molecule has 5 heteroatoms. The van der Waals surface area contributed by atoms with Gasteiger partial charge in [-0.2, -0.15) is 0 Å². The third kappa shape index (κ3) is 2.97. The van der Waals surface area contributed by atoms with Gasteiger partial charge < -0.3 is 9.47 Å². The Hall–Kier alpha value is -1.55. The smallest absolute Gasteiger partial charge is 0.312 e. The molecule has 0 spiro atoms. The highest BCUT2D eigenvalue weighted by Crippen LogP contribution is 2.30. The molecule has 86 valence electrons. The summed E-state index contributed by atoms with van der Waals surface area (Å²) in [5.74, 6) is 0.148. The lowest BCUT2D eigenvalue weighted by Gasteiger charge is -2.10. The molecule has 4 nitrogen and oxygen atoms in total. The molecule has 0 aromatic heterocycles. The molecule has 0 aliphatic rings. The van der Waals surface area contributed by atoms with Crippen LogP contribution in [-0.4, -0.2) is 25.2 Å². The maximum atomic E-state index is 11.3. The second-order valence-corrected chi connectivity index (χ2v) is 3.29. The van der Waals surface area contributed by atoms with E-state index in [0.717, 1.165) is 0 Å². The van der Waals surface area contributed by atoms with E-state index in [4.69, 9.17) is 21.1 Å². The largest absolute Gasteiger partial charge is 0.493 e. The number of carbonyl (C=O) groups is 2. The number of benzene rings is 1. The van der Waals surface area contributed by atoms with Gasteiger partial charge in [-0.05, 0) is 12.1 Å². The van der Waals surface area contributed by atoms with Gasteiger partial charge in [0, 0.05) is 5.88 Å². The standard InChI is InChI=1S/C11H11ClO4/c1-15-9-4-2-3-8(7-13)11(9)16-10(14)5-6-12/h2-4,7H,5-6H2,1H3. The van der Waals surface area contributed by atoms with Gasteiger partial charge in [-0.1, -0.05) is 6.07 Å². The van der Waals surface area contributed by atoms with E-state index in [2.05, 4.69) is 0 Å². The maximum absolute atomic E-state index is 11.3. The molecule has 0 amide bonds. The fraction of sp³-hybridized carbons (Fsp3) is 0.273. The van der Waals surface area contributed by atoms with Crippen LogP contribution in [0.1, 0.15) is 16.8 Å². The Morgan fingerprint density at radius 3 is 2.81 bits per heavy atom. The summed E-state index contributed by atoms with van der Waals surface area (Å²) in [5, 5.41) is 0. The van der Waals surface area contributed by atoms with Crippen LogP contribution in [0.25, 0.3) is 0 Å². The van der Waals surface area contributed by atoms with Gasteiger partial charge in [0.15, 0.2) is 17.8 Å². The molecule has 0 aliphatic heterocycles. The van der Waals surface area contributed by atoms with Crippen LogP contribution < -0.4 is 9.47 Å². The zero-order chi connectivity index (χ0) is 12.0. The first-order valence-electron chi connectivity index (χ1n) is 4.61. The minimum Gasteiger partial charge on any atom is -0.493 e. The van der Waals surface area contributed by atoms with Crippen molar-refractivity contribution < 1.29 is 19.1 Å². The van der Waals surface area contributed by atoms with E-state index in [1.54, 1.807) is 18.2 Å². The van der Waals surface area contributed by atoms with E-state index in [1.807, 2.05) is 0 Å². The maximum Gasteiger partial charge on any atom is 0.312 e. The summed E-state index contributed by atoms with van der Waals surface area (Å²) >= 11 is 5.41. The topological polar surface area (TPSA) is 52.6 Å². The predicted octanol–water partition coefficient (Wildman–Crippen LogP) is 2.04. The molecule has 1 aromatic rings. The van der Waals surface area contributed by atoms with E-state index >= 15 is 0 Å². The van der Waals surface area contributed by atoms with Gasteiger partial charge in [0.1, 0.15) is 0 Å². The summed E-state index contributed by atoms with van der Waals surface area (Å²) in [5.41, 5.74) is 0.266. The number of ether oxygens (including phenoxy) is 2. The lowest BCUT2D eigenvalue weighted by molar-refractivity contribution is -0.134. The van der Waals surface area contributed by atoms with Crippen molar-refractivity contribution in [2.45, 2.75) is 6.42 Å². The van der Waals surface area contributed by atoms with Gasteiger partial charge in [-0.3, -0.25) is 9.59 Å². The molecule has 0 radical (unpaired) electrons. The zero-order valence-electron chi connectivity index (χ0n) is 8.73. The third-order valence-corrected chi connectivity index (χ3v) is 2.06. The van der Waals surface area contributed by atoms with E-state index in [1.165, 1.54) is 7.11 Å². The summed E-state index contributed by atoms with van der Waals surface area (Å²) in [6, 6.07) is 4.79. The van der Waals surface area contributed by atoms with Gasteiger partial charge in [0.2, 0.25) is 0 Å². The lowest BCUT2D eigenvalue weighted by Crippen LogP contribution is -2.10. The first-order chi connectivity index (χ1) is 7.72. The molecular formula is C11H11ClO4. The SMILES string of the molecule is COc1cccc(C=O)c1OC(=O)CCCl. The summed E-state index contributed by atoms with van der Waals surface area (Å²) < 4.78 is 10.0. The number of esters is 1. The first kappa shape index (κ1) is 12.5. The number of hydrogen-bond donors (Lipinski definition) is 0. The van der Waals surface area contributed by atoms with Crippen LogP contribution in [0.5, 0.6) is 11.5 Å². The molecule has 0 fully saturated rings. The van der Waals surface area contributed by atoms with E-state index < -0.39 is 5.97 Å². The van der Waals surface area contributed by atoms with Crippen LogP contribution in [0, 0.1) is 0 Å². The number of alkyl halides is 1. The minimum atomic E-state index is -0.498. The van der Waals surface area contributed by atoms with Crippen molar-refractivity contribution in [2.75, 3.05) is 13.0 Å². The summed E-state index contributed by atoms with van der Waals surface area (Å²) in [6.07, 6.45) is 0.684. The van der Waals surface area contributed by atoms with Crippen molar-refractivity contribution in [3.05, 3.63) is 23.8 Å². The zero-order valence-corrected chi connectivity index (χ0v) is 9.49. The monoisotopic (exact) mass is 242 g/mol. The number of aldehydes is 1. The number of hydrogen-bond acceptors (Lipinski definition) is 4. The first-order valence-corrected chi connectivity index (χ1v) is 5.15. The summed E-state index contributed by atoms with van der Waals surface area (Å²) in [6.45, 7) is 0. The van der Waals surface area contributed by atoms with Crippen molar-refractivity contribution in [3.63, 3.8) is 0 Å². The summed E-state index contributed by atoms with van der Waals surface area (Å²) in [7, 11) is 1.43. The Balaban J connectivity index is 2.99. The quantitative estimate of drug-likeness (QED) is 0.343. The normalized spacial score (nSPS) is 9.62. The van der Waals surface area contributed by atoms with Gasteiger partial charge in [-0.25, -0.2) is 0 Å². The molecule has 1 rings (SSSR count). The molecule has 0 N–H and O–H groups in total. The van der Waals surface area contributed by atoms with Gasteiger partial charge in [0.25, 0.3) is 0 Å². The highest BCUT2D eigenvalue weighted by molar-refractivity contribution is 6.18. The highest BCUT2D eigenvalue weighted by Gasteiger charge is 2.13. The van der Waals surface area contributed by atoms with Crippen LogP contribution in [-0.2, 0) is 4.79 Å². The molecule has 1 aromatic carbocycles. The molecule has 0 atom stereocenters. The molecule has 0 heterocycles. The van der Waals surface area contributed by atoms with Crippen molar-refractivity contribution >= 4 is 23.9 Å². The molecule has 0 bridgehead atoms. The number of rotatable bonds is 5. The van der Waals surface area contributed by atoms with Gasteiger partial charge >= 0.3 is 5.97 Å². The number of para-hydroxylation sites is 1. The molecule has 0 saturated heterocycles. The van der Waals surface area contributed by atoms with E-state index in [0.29, 0.717) is 12.0 Å². The Bertz CT molecular complexity index is 390. The summed E-state index contributed by atoms with van der Waals surface area (Å²) in [4.78, 5) is 22.0. The second kappa shape index (κ2) is 6.12. The Morgan fingerprint density at radius 1 is 1.50 bits per heavy atom. The van der Waals surface area contributed by atoms with Crippen LogP contribution in [0.15, 0.2) is 18.2 Å². The van der Waals surface area contributed by atoms with E-state index in [9.17, 15) is 9.59 Å². The Kier molecular flexibility index (Phi) is 4.79. The number of halogens is 1. The van der Waals surface area contributed by atoms with E-state index in [-0.39, 0.29) is 23.6 Å². The van der Waals surface area contributed by atoms with Crippen molar-refractivity contribution in [1.82, 2.24) is 0 Å². The lowest BCUT2D eigenvalue weighted by atomic mass is 10.2. The van der Waals surface area contributed by atoms with Crippen molar-refractivity contribution in [2.24, 2.45) is 0 Å². The van der Waals surface area contributed by atoms with Gasteiger partial charge in [-0.15, -0.1) is 11.6 Å². The second-order valence-electron chi connectivity index (χ2n) is 2.91. The number of carbonyl (C=O) groups excluding carboxylic acids is 2. The average Bonchev–Trinajstić information content (AvgIpc) is 2.29. The van der Waals surface area contributed by atoms with Crippen molar-refractivity contribution in [1.29, 1.82) is 0 Å². The fourth-order valence-corrected chi connectivity index (χ4v) is 1.29. The van der Waals surface area contributed by atoms with Gasteiger partial charge in [0.05, 0.1) is 19.1 Å². The average molecular weight is 243 g/mol. The predicted molar refractivity (Wildman–Crippen MR) is 59.4 cm³/mol. The molecular weight excluding hydrogens is 232 g/mol. The molecule has 0 unspecified atom stereocenters. The third-order valence-electron chi connectivity index (χ3n) is 1.87. The highest BCUT2D eigenvalue weighted by atomic mass is 35.5. The van der Waals surface area contributed by atoms with Crippen LogP contribution in [0.2, 0.25) is 0 Å². The van der Waals surface area contributed by atoms with Crippen LogP contribution in [0.3, 0.4) is 0 Å². The Labute approximate surface area is 98.1 Å². The molecule has 0 saturated carbocycles. The van der Waals surface area contributed by atoms with Crippen LogP contribution >= 0.6 is 11.6 Å².